The van der Waals surface area contributed by atoms with Gasteiger partial charge in [-0.1, -0.05) is 29.3 Å². The first-order valence-electron chi connectivity index (χ1n) is 9.44. The monoisotopic (exact) mass is 469 g/mol. The van der Waals surface area contributed by atoms with Gasteiger partial charge in [0.15, 0.2) is 0 Å². The average Bonchev–Trinajstić information content (AvgIpc) is 2.65. The third kappa shape index (κ3) is 7.84. The first-order chi connectivity index (χ1) is 14.5. The van der Waals surface area contributed by atoms with Gasteiger partial charge in [0.1, 0.15) is 29.7 Å². The standard InChI is InChI=1S/C22H25Cl2NO6/c1-22(2,3)31-21(28)25-17(20(26)27)10-13-5-7-18(29-4)14(9-13)12-30-19-8-6-15(23)11-16(19)24/h5-9,11,17H,10,12H2,1-4H3,(H,25,28)(H,26,27). The number of alkyl carbamates (subject to hydrolysis) is 1. The van der Waals surface area contributed by atoms with Crippen LogP contribution in [0.4, 0.5) is 4.79 Å². The Morgan fingerprint density at radius 1 is 1.10 bits per heavy atom. The van der Waals surface area contributed by atoms with E-state index in [2.05, 4.69) is 5.32 Å². The molecule has 0 aliphatic rings. The Labute approximate surface area is 191 Å². The summed E-state index contributed by atoms with van der Waals surface area (Å²) in [5.41, 5.74) is 0.623. The van der Waals surface area contributed by atoms with Gasteiger partial charge >= 0.3 is 12.1 Å². The lowest BCUT2D eigenvalue weighted by Gasteiger charge is -2.22. The highest BCUT2D eigenvalue weighted by Gasteiger charge is 2.24. The summed E-state index contributed by atoms with van der Waals surface area (Å²) in [6.45, 7) is 5.23. The third-order valence-corrected chi connectivity index (χ3v) is 4.58. The van der Waals surface area contributed by atoms with Crippen molar-refractivity contribution >= 4 is 35.3 Å². The summed E-state index contributed by atoms with van der Waals surface area (Å²) in [6, 6.07) is 8.93. The number of carbonyl (C=O) groups excluding carboxylic acids is 1. The predicted molar refractivity (Wildman–Crippen MR) is 118 cm³/mol. The maximum absolute atomic E-state index is 12.0. The zero-order valence-electron chi connectivity index (χ0n) is 17.7. The number of hydrogen-bond donors (Lipinski definition) is 2. The molecular weight excluding hydrogens is 445 g/mol. The number of halogens is 2. The maximum Gasteiger partial charge on any atom is 0.408 e. The van der Waals surface area contributed by atoms with Gasteiger partial charge in [-0.25, -0.2) is 9.59 Å². The second kappa shape index (κ2) is 10.6. The number of aliphatic carboxylic acids is 1. The molecule has 2 rings (SSSR count). The van der Waals surface area contributed by atoms with E-state index in [9.17, 15) is 14.7 Å². The van der Waals surface area contributed by atoms with Gasteiger partial charge in [-0.3, -0.25) is 0 Å². The highest BCUT2D eigenvalue weighted by atomic mass is 35.5. The van der Waals surface area contributed by atoms with Crippen LogP contribution in [0.25, 0.3) is 0 Å². The van der Waals surface area contributed by atoms with Crippen molar-refractivity contribution in [2.24, 2.45) is 0 Å². The number of nitrogens with one attached hydrogen (secondary N) is 1. The number of amides is 1. The van der Waals surface area contributed by atoms with Crippen molar-refractivity contribution in [2.75, 3.05) is 7.11 Å². The molecule has 2 aromatic carbocycles. The van der Waals surface area contributed by atoms with Gasteiger partial charge in [0.25, 0.3) is 0 Å². The van der Waals surface area contributed by atoms with Gasteiger partial charge in [-0.2, -0.15) is 0 Å². The molecule has 0 saturated heterocycles. The van der Waals surface area contributed by atoms with Gasteiger partial charge < -0.3 is 24.6 Å². The van der Waals surface area contributed by atoms with Crippen LogP contribution in [-0.2, 0) is 22.6 Å². The van der Waals surface area contributed by atoms with E-state index >= 15 is 0 Å². The number of carboxylic acids is 1. The van der Waals surface area contributed by atoms with Crippen molar-refractivity contribution in [2.45, 2.75) is 45.4 Å². The normalized spacial score (nSPS) is 12.1. The Hall–Kier alpha value is -2.64. The summed E-state index contributed by atoms with van der Waals surface area (Å²) in [4.78, 5) is 23.6. The zero-order chi connectivity index (χ0) is 23.2. The van der Waals surface area contributed by atoms with E-state index < -0.39 is 23.7 Å². The van der Waals surface area contributed by atoms with Crippen molar-refractivity contribution in [3.05, 3.63) is 57.6 Å². The number of hydrogen-bond acceptors (Lipinski definition) is 5. The topological polar surface area (TPSA) is 94.1 Å². The van der Waals surface area contributed by atoms with Crippen LogP contribution in [-0.4, -0.2) is 35.9 Å². The molecule has 1 unspecified atom stereocenters. The van der Waals surface area contributed by atoms with Crippen molar-refractivity contribution < 1.29 is 28.9 Å². The molecule has 0 aromatic heterocycles. The summed E-state index contributed by atoms with van der Waals surface area (Å²) in [7, 11) is 1.53. The van der Waals surface area contributed by atoms with Crippen molar-refractivity contribution in [3.63, 3.8) is 0 Å². The van der Waals surface area contributed by atoms with Crippen molar-refractivity contribution in [1.29, 1.82) is 0 Å². The van der Waals surface area contributed by atoms with E-state index in [1.807, 2.05) is 0 Å². The molecule has 168 valence electrons. The van der Waals surface area contributed by atoms with Crippen LogP contribution in [0.3, 0.4) is 0 Å². The molecule has 0 radical (unpaired) electrons. The van der Waals surface area contributed by atoms with Crippen molar-refractivity contribution in [1.82, 2.24) is 5.32 Å². The molecule has 1 amide bonds. The Balaban J connectivity index is 2.15. The first-order valence-corrected chi connectivity index (χ1v) is 10.2. The number of carboxylic acid groups (broad SMARTS) is 1. The largest absolute Gasteiger partial charge is 0.496 e. The van der Waals surface area contributed by atoms with Crippen molar-refractivity contribution in [3.8, 4) is 11.5 Å². The molecule has 1 atom stereocenters. The molecular formula is C22H25Cl2NO6. The van der Waals surface area contributed by atoms with Gasteiger partial charge in [-0.05, 0) is 56.7 Å². The van der Waals surface area contributed by atoms with Crippen LogP contribution in [0.1, 0.15) is 31.9 Å². The van der Waals surface area contributed by atoms with Crippen LogP contribution in [0.15, 0.2) is 36.4 Å². The summed E-state index contributed by atoms with van der Waals surface area (Å²) in [6.07, 6.45) is -0.748. The first kappa shape index (κ1) is 24.6. The van der Waals surface area contributed by atoms with Crippen LogP contribution >= 0.6 is 23.2 Å². The molecule has 7 nitrogen and oxygen atoms in total. The number of methoxy groups -OCH3 is 1. The van der Waals surface area contributed by atoms with E-state index in [0.717, 1.165) is 0 Å². The smallest absolute Gasteiger partial charge is 0.408 e. The average molecular weight is 470 g/mol. The van der Waals surface area contributed by atoms with Gasteiger partial charge in [0.05, 0.1) is 12.1 Å². The van der Waals surface area contributed by atoms with Crippen LogP contribution < -0.4 is 14.8 Å². The molecule has 9 heteroatoms. The van der Waals surface area contributed by atoms with E-state index in [4.69, 9.17) is 37.4 Å². The molecule has 0 aliphatic carbocycles. The molecule has 0 fully saturated rings. The molecule has 0 spiro atoms. The molecule has 2 aromatic rings. The number of ether oxygens (including phenoxy) is 3. The quantitative estimate of drug-likeness (QED) is 0.558. The second-order valence-electron chi connectivity index (χ2n) is 7.75. The number of carbonyl (C=O) groups is 2. The number of rotatable bonds is 8. The fraction of sp³-hybridized carbons (Fsp3) is 0.364. The Kier molecular flexibility index (Phi) is 8.42. The highest BCUT2D eigenvalue weighted by molar-refractivity contribution is 6.35. The Morgan fingerprint density at radius 2 is 1.77 bits per heavy atom. The third-order valence-electron chi connectivity index (χ3n) is 4.05. The summed E-state index contributed by atoms with van der Waals surface area (Å²) in [5, 5.41) is 12.8. The minimum Gasteiger partial charge on any atom is -0.496 e. The lowest BCUT2D eigenvalue weighted by Crippen LogP contribution is -2.44. The molecule has 0 heterocycles. The SMILES string of the molecule is COc1ccc(CC(NC(=O)OC(C)(C)C)C(=O)O)cc1COc1ccc(Cl)cc1Cl. The fourth-order valence-corrected chi connectivity index (χ4v) is 3.17. The Morgan fingerprint density at radius 3 is 2.35 bits per heavy atom. The summed E-state index contributed by atoms with van der Waals surface area (Å²) >= 11 is 12.0. The number of benzene rings is 2. The predicted octanol–water partition coefficient (Wildman–Crippen LogP) is 5.10. The lowest BCUT2D eigenvalue weighted by atomic mass is 10.0. The molecule has 0 aliphatic heterocycles. The van der Waals surface area contributed by atoms with Gasteiger partial charge in [0.2, 0.25) is 0 Å². The zero-order valence-corrected chi connectivity index (χ0v) is 19.2. The molecule has 0 bridgehead atoms. The molecule has 2 N–H and O–H groups in total. The Bertz CT molecular complexity index is 942. The minimum absolute atomic E-state index is 0.0489. The lowest BCUT2D eigenvalue weighted by molar-refractivity contribution is -0.139. The second-order valence-corrected chi connectivity index (χ2v) is 8.59. The van der Waals surface area contributed by atoms with Gasteiger partial charge in [0, 0.05) is 17.0 Å². The van der Waals surface area contributed by atoms with E-state index in [-0.39, 0.29) is 13.0 Å². The van der Waals surface area contributed by atoms with Crippen LogP contribution in [0.2, 0.25) is 10.0 Å². The fourth-order valence-electron chi connectivity index (χ4n) is 2.71. The minimum atomic E-state index is -1.17. The van der Waals surface area contributed by atoms with Crippen LogP contribution in [0.5, 0.6) is 11.5 Å². The molecule has 31 heavy (non-hydrogen) atoms. The highest BCUT2D eigenvalue weighted by Crippen LogP contribution is 2.29. The maximum atomic E-state index is 12.0. The summed E-state index contributed by atoms with van der Waals surface area (Å²) < 4.78 is 16.3. The van der Waals surface area contributed by atoms with E-state index in [0.29, 0.717) is 32.7 Å². The summed E-state index contributed by atoms with van der Waals surface area (Å²) in [5.74, 6) is -0.151. The van der Waals surface area contributed by atoms with Gasteiger partial charge in [-0.15, -0.1) is 0 Å². The van der Waals surface area contributed by atoms with Crippen LogP contribution in [0, 0.1) is 0 Å². The molecule has 0 saturated carbocycles. The van der Waals surface area contributed by atoms with E-state index in [1.54, 1.807) is 57.2 Å². The van der Waals surface area contributed by atoms with E-state index in [1.165, 1.54) is 7.11 Å².